The molecule has 18 heavy (non-hydrogen) atoms. The maximum atomic E-state index is 12.6. The van der Waals surface area contributed by atoms with Gasteiger partial charge in [-0.3, -0.25) is 9.78 Å². The fourth-order valence-electron chi connectivity index (χ4n) is 1.53. The lowest BCUT2D eigenvalue weighted by Gasteiger charge is -2.15. The van der Waals surface area contributed by atoms with E-state index in [0.717, 1.165) is 6.92 Å². The smallest absolute Gasteiger partial charge is 0.433 e. The van der Waals surface area contributed by atoms with Gasteiger partial charge in [-0.25, -0.2) is 8.78 Å². The van der Waals surface area contributed by atoms with E-state index >= 15 is 0 Å². The van der Waals surface area contributed by atoms with Crippen molar-refractivity contribution in [3.05, 3.63) is 28.6 Å². The maximum Gasteiger partial charge on any atom is 0.433 e. The van der Waals surface area contributed by atoms with Crippen molar-refractivity contribution in [1.82, 2.24) is 4.98 Å². The van der Waals surface area contributed by atoms with Crippen molar-refractivity contribution in [1.29, 1.82) is 0 Å². The fourth-order valence-corrected chi connectivity index (χ4v) is 1.53. The third-order valence-electron chi connectivity index (χ3n) is 2.32. The molecule has 0 radical (unpaired) electrons. The van der Waals surface area contributed by atoms with Crippen LogP contribution in [0.15, 0.2) is 6.20 Å². The number of aliphatic carboxylic acids is 1. The number of alkyl halides is 5. The summed E-state index contributed by atoms with van der Waals surface area (Å²) in [5, 5.41) is 8.54. The van der Waals surface area contributed by atoms with E-state index in [9.17, 15) is 26.7 Å². The van der Waals surface area contributed by atoms with Gasteiger partial charge >= 0.3 is 12.1 Å². The van der Waals surface area contributed by atoms with Gasteiger partial charge in [-0.2, -0.15) is 13.2 Å². The SMILES string of the molecule is Cc1c(C(F)(F)F)ncc(C(F)F)c1CC(=O)O. The zero-order valence-electron chi connectivity index (χ0n) is 9.05. The van der Waals surface area contributed by atoms with Crippen LogP contribution < -0.4 is 0 Å². The molecule has 0 fully saturated rings. The number of nitrogens with zero attached hydrogens (tertiary/aromatic N) is 1. The molecule has 0 unspecified atom stereocenters. The second-order valence-corrected chi connectivity index (χ2v) is 3.53. The van der Waals surface area contributed by atoms with Gasteiger partial charge in [0.1, 0.15) is 5.69 Å². The van der Waals surface area contributed by atoms with Gasteiger partial charge in [0.15, 0.2) is 0 Å². The summed E-state index contributed by atoms with van der Waals surface area (Å²) in [6, 6.07) is 0. The molecule has 0 bridgehead atoms. The number of halogens is 5. The molecule has 0 spiro atoms. The van der Waals surface area contributed by atoms with E-state index in [-0.39, 0.29) is 0 Å². The van der Waals surface area contributed by atoms with Gasteiger partial charge in [0.05, 0.1) is 6.42 Å². The van der Waals surface area contributed by atoms with Crippen molar-refractivity contribution in [2.24, 2.45) is 0 Å². The lowest BCUT2D eigenvalue weighted by molar-refractivity contribution is -0.142. The van der Waals surface area contributed by atoms with Crippen molar-refractivity contribution in [3.8, 4) is 0 Å². The molecule has 0 saturated heterocycles. The number of carboxylic acids is 1. The van der Waals surface area contributed by atoms with Crippen LogP contribution in [0.2, 0.25) is 0 Å². The lowest BCUT2D eigenvalue weighted by atomic mass is 9.99. The third-order valence-corrected chi connectivity index (χ3v) is 2.32. The van der Waals surface area contributed by atoms with E-state index in [1.807, 2.05) is 0 Å². The Morgan fingerprint density at radius 2 is 2.00 bits per heavy atom. The summed E-state index contributed by atoms with van der Waals surface area (Å²) in [6.07, 6.45) is -8.42. The summed E-state index contributed by atoms with van der Waals surface area (Å²) in [5.41, 5.74) is -3.26. The van der Waals surface area contributed by atoms with E-state index in [2.05, 4.69) is 4.98 Å². The predicted molar refractivity (Wildman–Crippen MR) is 50.3 cm³/mol. The molecule has 1 aromatic rings. The first-order valence-electron chi connectivity index (χ1n) is 4.70. The zero-order chi connectivity index (χ0) is 14.1. The van der Waals surface area contributed by atoms with Crippen molar-refractivity contribution in [2.75, 3.05) is 0 Å². The molecule has 0 atom stereocenters. The molecule has 0 aliphatic heterocycles. The average Bonchev–Trinajstić information content (AvgIpc) is 2.17. The molecule has 1 rings (SSSR count). The third kappa shape index (κ3) is 2.93. The zero-order valence-corrected chi connectivity index (χ0v) is 9.05. The van der Waals surface area contributed by atoms with E-state index < -0.39 is 47.4 Å². The highest BCUT2D eigenvalue weighted by Gasteiger charge is 2.36. The standard InChI is InChI=1S/C10H8F5NO2/c1-4-5(2-7(17)18)6(9(11)12)3-16-8(4)10(13,14)15/h3,9H,2H2,1H3,(H,17,18). The molecule has 0 aliphatic rings. The summed E-state index contributed by atoms with van der Waals surface area (Å²) in [7, 11) is 0. The van der Waals surface area contributed by atoms with Crippen LogP contribution in [-0.2, 0) is 17.4 Å². The molecule has 3 nitrogen and oxygen atoms in total. The predicted octanol–water partition coefficient (Wildman–Crippen LogP) is 2.97. The number of rotatable bonds is 3. The molecule has 1 aromatic heterocycles. The van der Waals surface area contributed by atoms with Gasteiger partial charge in [0, 0.05) is 11.8 Å². The summed E-state index contributed by atoms with van der Waals surface area (Å²) in [6.45, 7) is 0.931. The van der Waals surface area contributed by atoms with Gasteiger partial charge in [0.2, 0.25) is 0 Å². The normalized spacial score (nSPS) is 11.9. The largest absolute Gasteiger partial charge is 0.481 e. The van der Waals surface area contributed by atoms with Gasteiger partial charge in [-0.05, 0) is 18.1 Å². The van der Waals surface area contributed by atoms with Crippen LogP contribution in [0, 0.1) is 6.92 Å². The van der Waals surface area contributed by atoms with Gasteiger partial charge in [0.25, 0.3) is 6.43 Å². The first-order valence-corrected chi connectivity index (χ1v) is 4.70. The van der Waals surface area contributed by atoms with Crippen LogP contribution in [0.1, 0.15) is 28.8 Å². The Morgan fingerprint density at radius 1 is 1.44 bits per heavy atom. The number of pyridine rings is 1. The topological polar surface area (TPSA) is 50.2 Å². The Kier molecular flexibility index (Phi) is 3.88. The number of carbonyl (C=O) groups is 1. The highest BCUT2D eigenvalue weighted by atomic mass is 19.4. The molecule has 100 valence electrons. The van der Waals surface area contributed by atoms with Gasteiger partial charge < -0.3 is 5.11 Å². The molecule has 0 aromatic carbocycles. The Morgan fingerprint density at radius 3 is 2.39 bits per heavy atom. The summed E-state index contributed by atoms with van der Waals surface area (Å²) < 4.78 is 62.6. The molecule has 8 heteroatoms. The molecule has 1 heterocycles. The molecular weight excluding hydrogens is 261 g/mol. The molecular formula is C10H8F5NO2. The maximum absolute atomic E-state index is 12.6. The number of hydrogen-bond donors (Lipinski definition) is 1. The molecule has 0 saturated carbocycles. The van der Waals surface area contributed by atoms with E-state index in [1.165, 1.54) is 0 Å². The van der Waals surface area contributed by atoms with Crippen LogP contribution in [0.3, 0.4) is 0 Å². The fraction of sp³-hybridized carbons (Fsp3) is 0.400. The van der Waals surface area contributed by atoms with Crippen molar-refractivity contribution in [2.45, 2.75) is 25.9 Å². The van der Waals surface area contributed by atoms with Crippen LogP contribution in [0.25, 0.3) is 0 Å². The van der Waals surface area contributed by atoms with Crippen LogP contribution in [0.5, 0.6) is 0 Å². The van der Waals surface area contributed by atoms with Gasteiger partial charge in [-0.15, -0.1) is 0 Å². The summed E-state index contributed by atoms with van der Waals surface area (Å²) >= 11 is 0. The summed E-state index contributed by atoms with van der Waals surface area (Å²) in [4.78, 5) is 13.5. The van der Waals surface area contributed by atoms with E-state index in [4.69, 9.17) is 5.11 Å². The average molecular weight is 269 g/mol. The highest BCUT2D eigenvalue weighted by Crippen LogP contribution is 2.34. The van der Waals surface area contributed by atoms with Crippen molar-refractivity contribution >= 4 is 5.97 Å². The Labute approximate surface area is 98.3 Å². The number of carboxylic acid groups (broad SMARTS) is 1. The Hall–Kier alpha value is -1.73. The molecule has 0 aliphatic carbocycles. The molecule has 0 amide bonds. The second kappa shape index (κ2) is 4.87. The van der Waals surface area contributed by atoms with Crippen LogP contribution in [0.4, 0.5) is 22.0 Å². The minimum absolute atomic E-state index is 0.374. The molecule has 1 N–H and O–H groups in total. The minimum atomic E-state index is -4.81. The number of hydrogen-bond acceptors (Lipinski definition) is 2. The first-order chi connectivity index (χ1) is 8.14. The Balaban J connectivity index is 3.44. The first kappa shape index (κ1) is 14.3. The Bertz CT molecular complexity index is 470. The quantitative estimate of drug-likeness (QED) is 0.858. The highest BCUT2D eigenvalue weighted by molar-refractivity contribution is 5.71. The number of aromatic nitrogens is 1. The van der Waals surface area contributed by atoms with Crippen LogP contribution in [-0.4, -0.2) is 16.1 Å². The van der Waals surface area contributed by atoms with E-state index in [0.29, 0.717) is 6.20 Å². The van der Waals surface area contributed by atoms with E-state index in [1.54, 1.807) is 0 Å². The van der Waals surface area contributed by atoms with Crippen LogP contribution >= 0.6 is 0 Å². The summed E-state index contributed by atoms with van der Waals surface area (Å²) in [5.74, 6) is -1.49. The minimum Gasteiger partial charge on any atom is -0.481 e. The van der Waals surface area contributed by atoms with Gasteiger partial charge in [-0.1, -0.05) is 0 Å². The van der Waals surface area contributed by atoms with Crippen molar-refractivity contribution < 1.29 is 31.9 Å². The monoisotopic (exact) mass is 269 g/mol. The van der Waals surface area contributed by atoms with Crippen molar-refractivity contribution in [3.63, 3.8) is 0 Å². The lowest BCUT2D eigenvalue weighted by Crippen LogP contribution is -2.16. The second-order valence-electron chi connectivity index (χ2n) is 3.53.